The Kier molecular flexibility index (Phi) is 3.38. The standard InChI is InChI=1S/C10H10ClN3/c1-7-3-2-4-8(11)10(7)14-9(13)5-6-12/h2-5,14H,13H2,1H3/b9-5-. The molecular formula is C10H10ClN3. The number of nitrogens with one attached hydrogen (secondary N) is 1. The lowest BCUT2D eigenvalue weighted by Crippen LogP contribution is -2.09. The normalized spacial score (nSPS) is 10.8. The smallest absolute Gasteiger partial charge is 0.111 e. The van der Waals surface area contributed by atoms with Gasteiger partial charge >= 0.3 is 0 Å². The molecule has 3 nitrogen and oxygen atoms in total. The van der Waals surface area contributed by atoms with Crippen LogP contribution >= 0.6 is 11.6 Å². The van der Waals surface area contributed by atoms with Gasteiger partial charge in [-0.3, -0.25) is 0 Å². The third-order valence-corrected chi connectivity index (χ3v) is 2.03. The van der Waals surface area contributed by atoms with Gasteiger partial charge in [0.25, 0.3) is 0 Å². The monoisotopic (exact) mass is 207 g/mol. The highest BCUT2D eigenvalue weighted by molar-refractivity contribution is 6.33. The SMILES string of the molecule is Cc1cccc(Cl)c1N/C(N)=C\C#N. The van der Waals surface area contributed by atoms with Crippen molar-refractivity contribution in [2.75, 3.05) is 5.32 Å². The highest BCUT2D eigenvalue weighted by Crippen LogP contribution is 2.25. The first-order valence-electron chi connectivity index (χ1n) is 4.02. The van der Waals surface area contributed by atoms with Gasteiger partial charge in [-0.05, 0) is 18.6 Å². The van der Waals surface area contributed by atoms with Crippen molar-refractivity contribution < 1.29 is 0 Å². The molecule has 0 aliphatic heterocycles. The molecule has 0 fully saturated rings. The fourth-order valence-electron chi connectivity index (χ4n) is 1.04. The van der Waals surface area contributed by atoms with Gasteiger partial charge in [-0.2, -0.15) is 5.26 Å². The second-order valence-electron chi connectivity index (χ2n) is 2.79. The molecule has 0 spiro atoms. The maximum atomic E-state index is 8.37. The number of para-hydroxylation sites is 1. The van der Waals surface area contributed by atoms with E-state index in [1.807, 2.05) is 25.1 Å². The summed E-state index contributed by atoms with van der Waals surface area (Å²) < 4.78 is 0. The van der Waals surface area contributed by atoms with Crippen LogP contribution in [0.1, 0.15) is 5.56 Å². The second-order valence-corrected chi connectivity index (χ2v) is 3.19. The minimum atomic E-state index is 0.281. The number of nitrogens with two attached hydrogens (primary N) is 1. The third-order valence-electron chi connectivity index (χ3n) is 1.71. The molecule has 4 heteroatoms. The number of aryl methyl sites for hydroxylation is 1. The van der Waals surface area contributed by atoms with Gasteiger partial charge in [0.05, 0.1) is 22.9 Å². The zero-order valence-electron chi connectivity index (χ0n) is 7.71. The van der Waals surface area contributed by atoms with Crippen LogP contribution in [0.2, 0.25) is 5.02 Å². The number of allylic oxidation sites excluding steroid dienone is 1. The predicted molar refractivity (Wildman–Crippen MR) is 57.7 cm³/mol. The minimum Gasteiger partial charge on any atom is -0.385 e. The van der Waals surface area contributed by atoms with E-state index in [0.717, 1.165) is 11.3 Å². The van der Waals surface area contributed by atoms with Crippen molar-refractivity contribution in [2.45, 2.75) is 6.92 Å². The summed E-state index contributed by atoms with van der Waals surface area (Å²) in [7, 11) is 0. The molecule has 0 bridgehead atoms. The van der Waals surface area contributed by atoms with Crippen molar-refractivity contribution in [3.63, 3.8) is 0 Å². The van der Waals surface area contributed by atoms with Gasteiger partial charge in [0.2, 0.25) is 0 Å². The van der Waals surface area contributed by atoms with Crippen LogP contribution in [0.3, 0.4) is 0 Å². The van der Waals surface area contributed by atoms with Crippen molar-refractivity contribution in [3.05, 3.63) is 40.7 Å². The quantitative estimate of drug-likeness (QED) is 0.732. The van der Waals surface area contributed by atoms with Crippen molar-refractivity contribution in [2.24, 2.45) is 5.73 Å². The molecule has 0 atom stereocenters. The number of nitrogens with zero attached hydrogens (tertiary/aromatic N) is 1. The van der Waals surface area contributed by atoms with Gasteiger partial charge in [-0.1, -0.05) is 23.7 Å². The number of benzene rings is 1. The van der Waals surface area contributed by atoms with Crippen molar-refractivity contribution in [3.8, 4) is 6.07 Å². The number of hydrogen-bond acceptors (Lipinski definition) is 3. The number of rotatable bonds is 2. The molecule has 1 aromatic carbocycles. The Hall–Kier alpha value is -1.66. The molecule has 0 heterocycles. The molecule has 0 aliphatic rings. The molecule has 1 aromatic rings. The maximum Gasteiger partial charge on any atom is 0.111 e. The molecule has 0 saturated heterocycles. The number of anilines is 1. The third kappa shape index (κ3) is 2.41. The maximum absolute atomic E-state index is 8.37. The van der Waals surface area contributed by atoms with E-state index in [0.29, 0.717) is 5.02 Å². The zero-order chi connectivity index (χ0) is 10.6. The topological polar surface area (TPSA) is 61.8 Å². The molecule has 1 rings (SSSR count). The number of hydrogen-bond donors (Lipinski definition) is 2. The molecule has 0 aromatic heterocycles. The first kappa shape index (κ1) is 10.4. The van der Waals surface area contributed by atoms with Crippen molar-refractivity contribution in [1.29, 1.82) is 5.26 Å². The average Bonchev–Trinajstić information content (AvgIpc) is 2.12. The van der Waals surface area contributed by atoms with Crippen LogP contribution in [0.5, 0.6) is 0 Å². The Morgan fingerprint density at radius 1 is 1.64 bits per heavy atom. The van der Waals surface area contributed by atoms with Gasteiger partial charge in [0.1, 0.15) is 5.82 Å². The van der Waals surface area contributed by atoms with E-state index in [-0.39, 0.29) is 5.82 Å². The molecule has 0 radical (unpaired) electrons. The zero-order valence-corrected chi connectivity index (χ0v) is 8.47. The van der Waals surface area contributed by atoms with Crippen LogP contribution in [0, 0.1) is 18.3 Å². The van der Waals surface area contributed by atoms with E-state index in [1.54, 1.807) is 6.07 Å². The van der Waals surface area contributed by atoms with E-state index >= 15 is 0 Å². The summed E-state index contributed by atoms with van der Waals surface area (Å²) in [5.41, 5.74) is 7.24. The minimum absolute atomic E-state index is 0.281. The summed E-state index contributed by atoms with van der Waals surface area (Å²) in [5, 5.41) is 11.8. The van der Waals surface area contributed by atoms with E-state index in [9.17, 15) is 0 Å². The van der Waals surface area contributed by atoms with Crippen LogP contribution in [0.15, 0.2) is 30.1 Å². The van der Waals surface area contributed by atoms with Crippen molar-refractivity contribution in [1.82, 2.24) is 0 Å². The average molecular weight is 208 g/mol. The first-order valence-corrected chi connectivity index (χ1v) is 4.40. The van der Waals surface area contributed by atoms with Gasteiger partial charge in [0.15, 0.2) is 0 Å². The van der Waals surface area contributed by atoms with Crippen LogP contribution < -0.4 is 11.1 Å². The van der Waals surface area contributed by atoms with Gasteiger partial charge in [-0.25, -0.2) is 0 Å². The Labute approximate surface area is 87.8 Å². The Bertz CT molecular complexity index is 384. The number of halogens is 1. The summed E-state index contributed by atoms with van der Waals surface area (Å²) in [4.78, 5) is 0. The highest BCUT2D eigenvalue weighted by atomic mass is 35.5. The summed E-state index contributed by atoms with van der Waals surface area (Å²) in [5.74, 6) is 0.281. The van der Waals surface area contributed by atoms with Gasteiger partial charge in [0, 0.05) is 0 Å². The summed E-state index contributed by atoms with van der Waals surface area (Å²) in [6.45, 7) is 1.91. The van der Waals surface area contributed by atoms with E-state index in [1.165, 1.54) is 6.08 Å². The molecule has 14 heavy (non-hydrogen) atoms. The Morgan fingerprint density at radius 2 is 2.36 bits per heavy atom. The molecule has 0 unspecified atom stereocenters. The lowest BCUT2D eigenvalue weighted by Gasteiger charge is -2.10. The van der Waals surface area contributed by atoms with Gasteiger partial charge in [-0.15, -0.1) is 0 Å². The highest BCUT2D eigenvalue weighted by Gasteiger charge is 2.02. The molecule has 0 aliphatic carbocycles. The largest absolute Gasteiger partial charge is 0.385 e. The second kappa shape index (κ2) is 4.54. The summed E-state index contributed by atoms with van der Waals surface area (Å²) >= 11 is 5.95. The van der Waals surface area contributed by atoms with E-state index in [2.05, 4.69) is 5.32 Å². The Balaban J connectivity index is 2.98. The fraction of sp³-hybridized carbons (Fsp3) is 0.100. The lowest BCUT2D eigenvalue weighted by molar-refractivity contribution is 1.29. The molecule has 0 amide bonds. The van der Waals surface area contributed by atoms with E-state index < -0.39 is 0 Å². The first-order chi connectivity index (χ1) is 6.65. The molecule has 72 valence electrons. The van der Waals surface area contributed by atoms with Gasteiger partial charge < -0.3 is 11.1 Å². The summed E-state index contributed by atoms with van der Waals surface area (Å²) in [6.07, 6.45) is 1.22. The lowest BCUT2D eigenvalue weighted by atomic mass is 10.2. The summed E-state index contributed by atoms with van der Waals surface area (Å²) in [6, 6.07) is 7.36. The molecular weight excluding hydrogens is 198 g/mol. The Morgan fingerprint density at radius 3 is 2.93 bits per heavy atom. The number of nitriles is 1. The van der Waals surface area contributed by atoms with E-state index in [4.69, 9.17) is 22.6 Å². The van der Waals surface area contributed by atoms with Crippen LogP contribution in [0.4, 0.5) is 5.69 Å². The molecule has 0 saturated carbocycles. The predicted octanol–water partition coefficient (Wildman–Crippen LogP) is 2.38. The molecule has 3 N–H and O–H groups in total. The van der Waals surface area contributed by atoms with Crippen LogP contribution in [0.25, 0.3) is 0 Å². The van der Waals surface area contributed by atoms with Crippen molar-refractivity contribution >= 4 is 17.3 Å². The fourth-order valence-corrected chi connectivity index (χ4v) is 1.31. The van der Waals surface area contributed by atoms with Crippen LogP contribution in [-0.2, 0) is 0 Å². The van der Waals surface area contributed by atoms with Crippen LogP contribution in [-0.4, -0.2) is 0 Å².